The van der Waals surface area contributed by atoms with Gasteiger partial charge in [-0.25, -0.2) is 4.98 Å². The van der Waals surface area contributed by atoms with Crippen LogP contribution in [0.4, 0.5) is 5.69 Å². The normalized spacial score (nSPS) is 21.0. The summed E-state index contributed by atoms with van der Waals surface area (Å²) >= 11 is 0. The van der Waals surface area contributed by atoms with Crippen molar-refractivity contribution in [2.75, 3.05) is 18.0 Å². The fourth-order valence-electron chi connectivity index (χ4n) is 4.42. The van der Waals surface area contributed by atoms with Crippen molar-refractivity contribution in [2.45, 2.75) is 38.3 Å². The molecule has 30 heavy (non-hydrogen) atoms. The molecule has 1 saturated heterocycles. The molecule has 0 radical (unpaired) electrons. The molecular formula is C23H24N4O3. The summed E-state index contributed by atoms with van der Waals surface area (Å²) in [6.07, 6.45) is 1.56. The Morgan fingerprint density at radius 2 is 2.00 bits per heavy atom. The lowest BCUT2D eigenvalue weighted by Crippen LogP contribution is -2.46. The van der Waals surface area contributed by atoms with Gasteiger partial charge in [0.2, 0.25) is 5.91 Å². The first kappa shape index (κ1) is 18.7. The van der Waals surface area contributed by atoms with Crippen LogP contribution in [0.3, 0.4) is 0 Å². The summed E-state index contributed by atoms with van der Waals surface area (Å²) in [5.74, 6) is 1.45. The van der Waals surface area contributed by atoms with Crippen LogP contribution in [-0.2, 0) is 9.59 Å². The summed E-state index contributed by atoms with van der Waals surface area (Å²) in [6, 6.07) is 15.3. The van der Waals surface area contributed by atoms with Gasteiger partial charge in [0, 0.05) is 19.5 Å². The number of rotatable bonds is 4. The number of amides is 2. The Morgan fingerprint density at radius 3 is 2.87 bits per heavy atom. The highest BCUT2D eigenvalue weighted by Gasteiger charge is 2.34. The van der Waals surface area contributed by atoms with E-state index in [9.17, 15) is 9.59 Å². The number of hydrogen-bond donors (Lipinski definition) is 1. The molecule has 0 bridgehead atoms. The van der Waals surface area contributed by atoms with E-state index in [2.05, 4.69) is 4.98 Å². The number of ether oxygens (including phenoxy) is 1. The van der Waals surface area contributed by atoms with E-state index < -0.39 is 6.10 Å². The number of H-pyrrole nitrogens is 1. The van der Waals surface area contributed by atoms with Crippen LogP contribution >= 0.6 is 0 Å². The Balaban J connectivity index is 1.32. The Labute approximate surface area is 174 Å². The first-order valence-corrected chi connectivity index (χ1v) is 10.4. The largest absolute Gasteiger partial charge is 0.479 e. The summed E-state index contributed by atoms with van der Waals surface area (Å²) in [6.45, 7) is 2.79. The maximum Gasteiger partial charge on any atom is 0.267 e. The molecule has 1 aromatic heterocycles. The number of nitrogens with one attached hydrogen (secondary N) is 1. The van der Waals surface area contributed by atoms with E-state index in [1.54, 1.807) is 11.8 Å². The maximum atomic E-state index is 13.1. The average Bonchev–Trinajstić information content (AvgIpc) is 3.40. The number of hydrogen-bond acceptors (Lipinski definition) is 4. The van der Waals surface area contributed by atoms with Crippen LogP contribution in [0.25, 0.3) is 11.0 Å². The number of likely N-dealkylation sites (tertiary alicyclic amines) is 1. The second-order valence-corrected chi connectivity index (χ2v) is 7.85. The number of nitrogens with zero attached hydrogens (tertiary/aromatic N) is 3. The molecule has 0 saturated carbocycles. The highest BCUT2D eigenvalue weighted by atomic mass is 16.5. The minimum Gasteiger partial charge on any atom is -0.479 e. The number of fused-ring (bicyclic) bond motifs is 2. The van der Waals surface area contributed by atoms with Crippen molar-refractivity contribution < 1.29 is 14.3 Å². The highest BCUT2D eigenvalue weighted by Crippen LogP contribution is 2.35. The molecule has 3 aromatic rings. The molecule has 7 nitrogen and oxygen atoms in total. The zero-order valence-electron chi connectivity index (χ0n) is 16.9. The van der Waals surface area contributed by atoms with Crippen molar-refractivity contribution in [2.24, 2.45) is 0 Å². The van der Waals surface area contributed by atoms with Crippen LogP contribution in [-0.4, -0.2) is 45.9 Å². The second kappa shape index (κ2) is 7.48. The second-order valence-electron chi connectivity index (χ2n) is 7.85. The van der Waals surface area contributed by atoms with Gasteiger partial charge < -0.3 is 19.5 Å². The minimum absolute atomic E-state index is 0.0439. The predicted molar refractivity (Wildman–Crippen MR) is 113 cm³/mol. The number of anilines is 1. The molecule has 2 aliphatic heterocycles. The van der Waals surface area contributed by atoms with E-state index in [1.807, 2.05) is 53.4 Å². The summed E-state index contributed by atoms with van der Waals surface area (Å²) in [7, 11) is 0. The number of carbonyl (C=O) groups excluding carboxylic acids is 2. The van der Waals surface area contributed by atoms with Crippen LogP contribution in [0.1, 0.15) is 38.1 Å². The maximum absolute atomic E-state index is 13.1. The van der Waals surface area contributed by atoms with Crippen molar-refractivity contribution in [3.8, 4) is 5.75 Å². The van der Waals surface area contributed by atoms with E-state index in [4.69, 9.17) is 9.72 Å². The van der Waals surface area contributed by atoms with Gasteiger partial charge in [-0.3, -0.25) is 9.59 Å². The Morgan fingerprint density at radius 1 is 1.20 bits per heavy atom. The minimum atomic E-state index is -0.551. The van der Waals surface area contributed by atoms with Gasteiger partial charge in [0.15, 0.2) is 6.10 Å². The monoisotopic (exact) mass is 404 g/mol. The zero-order valence-corrected chi connectivity index (χ0v) is 16.9. The van der Waals surface area contributed by atoms with Crippen molar-refractivity contribution in [1.29, 1.82) is 0 Å². The van der Waals surface area contributed by atoms with Crippen LogP contribution in [0.2, 0.25) is 0 Å². The third kappa shape index (κ3) is 3.20. The lowest BCUT2D eigenvalue weighted by Gasteiger charge is -2.33. The van der Waals surface area contributed by atoms with Crippen LogP contribution < -0.4 is 9.64 Å². The van der Waals surface area contributed by atoms with Gasteiger partial charge in [-0.05, 0) is 44.0 Å². The fourth-order valence-corrected chi connectivity index (χ4v) is 4.42. The lowest BCUT2D eigenvalue weighted by molar-refractivity contribution is -0.132. The molecule has 5 rings (SSSR count). The molecule has 3 heterocycles. The van der Waals surface area contributed by atoms with Gasteiger partial charge in [-0.15, -0.1) is 0 Å². The molecule has 2 atom stereocenters. The Bertz CT molecular complexity index is 1080. The van der Waals surface area contributed by atoms with E-state index in [0.717, 1.165) is 35.4 Å². The van der Waals surface area contributed by atoms with E-state index in [1.165, 1.54) is 0 Å². The van der Waals surface area contributed by atoms with Gasteiger partial charge in [0.25, 0.3) is 5.91 Å². The van der Waals surface area contributed by atoms with Gasteiger partial charge in [0.05, 0.1) is 22.8 Å². The van der Waals surface area contributed by atoms with Crippen LogP contribution in [0.5, 0.6) is 5.75 Å². The molecule has 154 valence electrons. The molecule has 2 aliphatic rings. The standard InChI is InChI=1S/C23H24N4O3/c1-15-23(29)27(18-9-4-5-11-20(18)30-15)14-12-21(28)26-13-6-10-19(26)22-24-16-7-2-3-8-17(16)25-22/h2-5,7-9,11,15,19H,6,10,12-14H2,1H3,(H,24,25). The number of carbonyl (C=O) groups is 2. The van der Waals surface area contributed by atoms with E-state index >= 15 is 0 Å². The Hall–Kier alpha value is -3.35. The molecular weight excluding hydrogens is 380 g/mol. The molecule has 0 spiro atoms. The SMILES string of the molecule is CC1Oc2ccccc2N(CCC(=O)N2CCCC2c2nc3ccccc3[nH]2)C1=O. The number of para-hydroxylation sites is 4. The summed E-state index contributed by atoms with van der Waals surface area (Å²) in [5.41, 5.74) is 2.62. The number of aromatic nitrogens is 2. The molecule has 0 aliphatic carbocycles. The zero-order chi connectivity index (χ0) is 20.7. The van der Waals surface area contributed by atoms with Crippen molar-refractivity contribution >= 4 is 28.5 Å². The summed E-state index contributed by atoms with van der Waals surface area (Å²) in [5, 5.41) is 0. The number of aromatic amines is 1. The molecule has 7 heteroatoms. The highest BCUT2D eigenvalue weighted by molar-refractivity contribution is 6.00. The quantitative estimate of drug-likeness (QED) is 0.723. The summed E-state index contributed by atoms with van der Waals surface area (Å²) < 4.78 is 5.69. The molecule has 1 N–H and O–H groups in total. The smallest absolute Gasteiger partial charge is 0.267 e. The first-order valence-electron chi connectivity index (χ1n) is 10.4. The fraction of sp³-hybridized carbons (Fsp3) is 0.348. The van der Waals surface area contributed by atoms with Crippen LogP contribution in [0, 0.1) is 0 Å². The number of benzene rings is 2. The van der Waals surface area contributed by atoms with Gasteiger partial charge in [-0.2, -0.15) is 0 Å². The summed E-state index contributed by atoms with van der Waals surface area (Å²) in [4.78, 5) is 37.4. The molecule has 1 fully saturated rings. The topological polar surface area (TPSA) is 78.5 Å². The molecule has 2 aromatic carbocycles. The number of imidazole rings is 1. The predicted octanol–water partition coefficient (Wildman–Crippen LogP) is 3.43. The van der Waals surface area contributed by atoms with E-state index in [-0.39, 0.29) is 24.3 Å². The third-order valence-electron chi connectivity index (χ3n) is 5.92. The van der Waals surface area contributed by atoms with Crippen LogP contribution in [0.15, 0.2) is 48.5 Å². The van der Waals surface area contributed by atoms with Gasteiger partial charge >= 0.3 is 0 Å². The van der Waals surface area contributed by atoms with Crippen molar-refractivity contribution in [3.05, 3.63) is 54.4 Å². The van der Waals surface area contributed by atoms with Gasteiger partial charge in [-0.1, -0.05) is 24.3 Å². The van der Waals surface area contributed by atoms with Gasteiger partial charge in [0.1, 0.15) is 11.6 Å². The first-order chi connectivity index (χ1) is 14.6. The molecule has 2 unspecified atom stereocenters. The Kier molecular flexibility index (Phi) is 4.65. The lowest BCUT2D eigenvalue weighted by atomic mass is 10.1. The average molecular weight is 404 g/mol. The molecule has 2 amide bonds. The third-order valence-corrected chi connectivity index (χ3v) is 5.92. The van der Waals surface area contributed by atoms with Crippen molar-refractivity contribution in [3.63, 3.8) is 0 Å². The van der Waals surface area contributed by atoms with Crippen molar-refractivity contribution in [1.82, 2.24) is 14.9 Å². The van der Waals surface area contributed by atoms with E-state index in [0.29, 0.717) is 18.8 Å².